The number of halogens is 1. The van der Waals surface area contributed by atoms with Crippen LogP contribution in [0.3, 0.4) is 0 Å². The fraction of sp³-hybridized carbons (Fsp3) is 0.200. The van der Waals surface area contributed by atoms with Gasteiger partial charge in [0.15, 0.2) is 0 Å². The highest BCUT2D eigenvalue weighted by molar-refractivity contribution is 6.29. The molecular formula is C10H10ClN5O. The number of rotatable bonds is 2. The van der Waals surface area contributed by atoms with E-state index in [0.717, 1.165) is 5.69 Å². The van der Waals surface area contributed by atoms with Crippen LogP contribution in [0.1, 0.15) is 16.1 Å². The SMILES string of the molecule is Cc1c(C(=O)Nc2cc(Cl)ncn2)cnn1C. The van der Waals surface area contributed by atoms with Crippen LogP contribution in [0.2, 0.25) is 5.15 Å². The molecule has 0 aliphatic rings. The molecular weight excluding hydrogens is 242 g/mol. The van der Waals surface area contributed by atoms with Gasteiger partial charge in [-0.15, -0.1) is 0 Å². The van der Waals surface area contributed by atoms with E-state index in [1.807, 2.05) is 6.92 Å². The molecule has 2 rings (SSSR count). The predicted molar refractivity (Wildman–Crippen MR) is 62.9 cm³/mol. The van der Waals surface area contributed by atoms with Crippen LogP contribution < -0.4 is 5.32 Å². The first-order valence-corrected chi connectivity index (χ1v) is 5.23. The van der Waals surface area contributed by atoms with Gasteiger partial charge in [0, 0.05) is 18.8 Å². The van der Waals surface area contributed by atoms with E-state index in [9.17, 15) is 4.79 Å². The molecule has 0 unspecified atom stereocenters. The average Bonchev–Trinajstić information content (AvgIpc) is 2.60. The topological polar surface area (TPSA) is 72.7 Å². The Morgan fingerprint density at radius 3 is 2.82 bits per heavy atom. The summed E-state index contributed by atoms with van der Waals surface area (Å²) in [5.41, 5.74) is 1.28. The summed E-state index contributed by atoms with van der Waals surface area (Å²) < 4.78 is 1.63. The zero-order valence-corrected chi connectivity index (χ0v) is 10.1. The third-order valence-electron chi connectivity index (χ3n) is 2.36. The second-order valence-corrected chi connectivity index (χ2v) is 3.83. The first-order chi connectivity index (χ1) is 8.08. The van der Waals surface area contributed by atoms with E-state index < -0.39 is 0 Å². The van der Waals surface area contributed by atoms with Crippen molar-refractivity contribution >= 4 is 23.3 Å². The van der Waals surface area contributed by atoms with E-state index in [4.69, 9.17) is 11.6 Å². The Kier molecular flexibility index (Phi) is 3.06. The second-order valence-electron chi connectivity index (χ2n) is 3.45. The van der Waals surface area contributed by atoms with Gasteiger partial charge in [-0.1, -0.05) is 11.6 Å². The maximum absolute atomic E-state index is 11.9. The molecule has 0 fully saturated rings. The summed E-state index contributed by atoms with van der Waals surface area (Å²) in [6.07, 6.45) is 2.79. The molecule has 0 aliphatic heterocycles. The van der Waals surface area contributed by atoms with Crippen molar-refractivity contribution in [2.75, 3.05) is 5.32 Å². The Bertz CT molecular complexity index is 566. The van der Waals surface area contributed by atoms with Gasteiger partial charge in [-0.05, 0) is 6.92 Å². The molecule has 0 atom stereocenters. The molecule has 6 nitrogen and oxygen atoms in total. The van der Waals surface area contributed by atoms with E-state index in [-0.39, 0.29) is 11.1 Å². The summed E-state index contributed by atoms with van der Waals surface area (Å²) in [7, 11) is 1.77. The normalized spacial score (nSPS) is 10.3. The fourth-order valence-corrected chi connectivity index (χ4v) is 1.45. The molecule has 0 aromatic carbocycles. The largest absolute Gasteiger partial charge is 0.306 e. The number of carbonyl (C=O) groups is 1. The molecule has 2 aromatic rings. The number of carbonyl (C=O) groups excluding carboxylic acids is 1. The van der Waals surface area contributed by atoms with Crippen LogP contribution in [0.25, 0.3) is 0 Å². The lowest BCUT2D eigenvalue weighted by atomic mass is 10.2. The lowest BCUT2D eigenvalue weighted by Gasteiger charge is -2.03. The van der Waals surface area contributed by atoms with Gasteiger partial charge in [-0.25, -0.2) is 9.97 Å². The van der Waals surface area contributed by atoms with Crippen molar-refractivity contribution in [3.05, 3.63) is 35.0 Å². The van der Waals surface area contributed by atoms with Crippen LogP contribution in [0.5, 0.6) is 0 Å². The van der Waals surface area contributed by atoms with Crippen LogP contribution in [-0.4, -0.2) is 25.7 Å². The standard InChI is InChI=1S/C10H10ClN5O/c1-6-7(4-14-16(6)2)10(17)15-9-3-8(11)12-5-13-9/h3-5H,1-2H3,(H,12,13,15,17). The molecule has 0 radical (unpaired) electrons. The molecule has 0 saturated carbocycles. The Hall–Kier alpha value is -1.95. The number of hydrogen-bond donors (Lipinski definition) is 1. The minimum absolute atomic E-state index is 0.273. The fourth-order valence-electron chi connectivity index (χ4n) is 1.31. The van der Waals surface area contributed by atoms with Crippen LogP contribution in [0.4, 0.5) is 5.82 Å². The number of nitrogens with zero attached hydrogens (tertiary/aromatic N) is 4. The summed E-state index contributed by atoms with van der Waals surface area (Å²) >= 11 is 5.69. The third-order valence-corrected chi connectivity index (χ3v) is 2.56. The summed E-state index contributed by atoms with van der Waals surface area (Å²) in [6.45, 7) is 1.81. The van der Waals surface area contributed by atoms with E-state index in [2.05, 4.69) is 20.4 Å². The van der Waals surface area contributed by atoms with Crippen LogP contribution in [0, 0.1) is 6.92 Å². The summed E-state index contributed by atoms with van der Waals surface area (Å²) in [6, 6.07) is 1.48. The predicted octanol–water partition coefficient (Wildman–Crippen LogP) is 1.42. The number of hydrogen-bond acceptors (Lipinski definition) is 4. The second kappa shape index (κ2) is 4.50. The Morgan fingerprint density at radius 1 is 1.47 bits per heavy atom. The zero-order valence-electron chi connectivity index (χ0n) is 9.31. The van der Waals surface area contributed by atoms with Gasteiger partial charge in [0.1, 0.15) is 17.3 Å². The van der Waals surface area contributed by atoms with Gasteiger partial charge in [-0.2, -0.15) is 5.10 Å². The first kappa shape index (κ1) is 11.5. The Balaban J connectivity index is 2.20. The molecule has 1 amide bonds. The molecule has 7 heteroatoms. The monoisotopic (exact) mass is 251 g/mol. The number of nitrogens with one attached hydrogen (secondary N) is 1. The highest BCUT2D eigenvalue weighted by Gasteiger charge is 2.13. The highest BCUT2D eigenvalue weighted by atomic mass is 35.5. The van der Waals surface area contributed by atoms with Crippen LogP contribution in [-0.2, 0) is 7.05 Å². The van der Waals surface area contributed by atoms with E-state index in [1.54, 1.807) is 11.7 Å². The molecule has 0 spiro atoms. The van der Waals surface area contributed by atoms with Gasteiger partial charge in [0.2, 0.25) is 0 Å². The summed E-state index contributed by atoms with van der Waals surface area (Å²) in [5.74, 6) is 0.0867. The third kappa shape index (κ3) is 2.42. The van der Waals surface area contributed by atoms with Crippen molar-refractivity contribution in [1.29, 1.82) is 0 Å². The van der Waals surface area contributed by atoms with Crippen molar-refractivity contribution in [1.82, 2.24) is 19.7 Å². The Labute approximate surface area is 103 Å². The van der Waals surface area contributed by atoms with E-state index in [0.29, 0.717) is 11.4 Å². The molecule has 0 saturated heterocycles. The van der Waals surface area contributed by atoms with Gasteiger partial charge < -0.3 is 5.32 Å². The molecule has 17 heavy (non-hydrogen) atoms. The summed E-state index contributed by atoms with van der Waals surface area (Å²) in [5, 5.41) is 6.89. The van der Waals surface area contributed by atoms with Gasteiger partial charge >= 0.3 is 0 Å². The summed E-state index contributed by atoms with van der Waals surface area (Å²) in [4.78, 5) is 19.5. The number of anilines is 1. The van der Waals surface area contributed by atoms with Crippen molar-refractivity contribution in [2.24, 2.45) is 7.05 Å². The quantitative estimate of drug-likeness (QED) is 0.820. The average molecular weight is 252 g/mol. The molecule has 2 aromatic heterocycles. The number of amides is 1. The van der Waals surface area contributed by atoms with E-state index in [1.165, 1.54) is 18.6 Å². The van der Waals surface area contributed by atoms with Crippen molar-refractivity contribution in [3.63, 3.8) is 0 Å². The molecule has 0 bridgehead atoms. The van der Waals surface area contributed by atoms with Crippen LogP contribution >= 0.6 is 11.6 Å². The van der Waals surface area contributed by atoms with E-state index >= 15 is 0 Å². The molecule has 0 aliphatic carbocycles. The Morgan fingerprint density at radius 2 is 2.24 bits per heavy atom. The highest BCUT2D eigenvalue weighted by Crippen LogP contribution is 2.12. The minimum atomic E-state index is -0.273. The maximum Gasteiger partial charge on any atom is 0.260 e. The van der Waals surface area contributed by atoms with Crippen molar-refractivity contribution in [2.45, 2.75) is 6.92 Å². The van der Waals surface area contributed by atoms with Crippen LogP contribution in [0.15, 0.2) is 18.6 Å². The number of aromatic nitrogens is 4. The molecule has 88 valence electrons. The molecule has 1 N–H and O–H groups in total. The first-order valence-electron chi connectivity index (χ1n) is 4.85. The van der Waals surface area contributed by atoms with Gasteiger partial charge in [-0.3, -0.25) is 9.48 Å². The zero-order chi connectivity index (χ0) is 12.4. The maximum atomic E-state index is 11.9. The minimum Gasteiger partial charge on any atom is -0.306 e. The number of aryl methyl sites for hydroxylation is 1. The lowest BCUT2D eigenvalue weighted by Crippen LogP contribution is -2.14. The van der Waals surface area contributed by atoms with Gasteiger partial charge in [0.05, 0.1) is 11.8 Å². The van der Waals surface area contributed by atoms with Crippen molar-refractivity contribution < 1.29 is 4.79 Å². The van der Waals surface area contributed by atoms with Gasteiger partial charge in [0.25, 0.3) is 5.91 Å². The smallest absolute Gasteiger partial charge is 0.260 e. The molecule has 2 heterocycles. The van der Waals surface area contributed by atoms with Crippen molar-refractivity contribution in [3.8, 4) is 0 Å². The lowest BCUT2D eigenvalue weighted by molar-refractivity contribution is 0.102.